The van der Waals surface area contributed by atoms with Crippen LogP contribution < -0.4 is 0 Å². The van der Waals surface area contributed by atoms with Gasteiger partial charge < -0.3 is 5.11 Å². The van der Waals surface area contributed by atoms with E-state index in [2.05, 4.69) is 0 Å². The molecule has 0 aliphatic heterocycles. The summed E-state index contributed by atoms with van der Waals surface area (Å²) in [7, 11) is 0. The van der Waals surface area contributed by atoms with Gasteiger partial charge >= 0.3 is 5.97 Å². The van der Waals surface area contributed by atoms with Crippen molar-refractivity contribution in [2.75, 3.05) is 0 Å². The SMILES string of the molecule is O=C(O)CCCc1c(F)cccc1Cl. The van der Waals surface area contributed by atoms with Crippen LogP contribution in [-0.2, 0) is 11.2 Å². The van der Waals surface area contributed by atoms with Crippen LogP contribution in [0.3, 0.4) is 0 Å². The van der Waals surface area contributed by atoms with E-state index in [1.807, 2.05) is 0 Å². The van der Waals surface area contributed by atoms with Crippen LogP contribution in [0.15, 0.2) is 18.2 Å². The van der Waals surface area contributed by atoms with Crippen molar-refractivity contribution >= 4 is 17.6 Å². The van der Waals surface area contributed by atoms with Crippen LogP contribution >= 0.6 is 11.6 Å². The number of carboxylic acids is 1. The summed E-state index contributed by atoms with van der Waals surface area (Å²) in [6.45, 7) is 0. The summed E-state index contributed by atoms with van der Waals surface area (Å²) in [5.41, 5.74) is 0.399. The Morgan fingerprint density at radius 1 is 1.50 bits per heavy atom. The number of aliphatic carboxylic acids is 1. The van der Waals surface area contributed by atoms with Crippen molar-refractivity contribution in [2.45, 2.75) is 19.3 Å². The lowest BCUT2D eigenvalue weighted by molar-refractivity contribution is -0.137. The summed E-state index contributed by atoms with van der Waals surface area (Å²) in [5, 5.41) is 8.76. The van der Waals surface area contributed by atoms with Gasteiger partial charge in [-0.3, -0.25) is 4.79 Å². The zero-order valence-electron chi connectivity index (χ0n) is 7.46. The van der Waals surface area contributed by atoms with E-state index in [1.165, 1.54) is 12.1 Å². The van der Waals surface area contributed by atoms with Crippen molar-refractivity contribution in [3.05, 3.63) is 34.6 Å². The average molecular weight is 217 g/mol. The first-order valence-corrected chi connectivity index (χ1v) is 4.63. The third kappa shape index (κ3) is 3.00. The Hall–Kier alpha value is -1.09. The lowest BCUT2D eigenvalue weighted by Crippen LogP contribution is -1.98. The molecule has 0 saturated carbocycles. The fourth-order valence-corrected chi connectivity index (χ4v) is 1.45. The molecule has 0 aliphatic rings. The molecule has 1 aromatic carbocycles. The number of rotatable bonds is 4. The van der Waals surface area contributed by atoms with Gasteiger partial charge in [0.15, 0.2) is 0 Å². The Balaban J connectivity index is 2.62. The number of hydrogen-bond acceptors (Lipinski definition) is 1. The van der Waals surface area contributed by atoms with Crippen molar-refractivity contribution in [1.82, 2.24) is 0 Å². The van der Waals surface area contributed by atoms with Crippen LogP contribution in [0.25, 0.3) is 0 Å². The van der Waals surface area contributed by atoms with E-state index in [1.54, 1.807) is 6.07 Å². The van der Waals surface area contributed by atoms with Gasteiger partial charge in [0, 0.05) is 17.0 Å². The zero-order chi connectivity index (χ0) is 10.6. The topological polar surface area (TPSA) is 37.3 Å². The Kier molecular flexibility index (Phi) is 3.89. The van der Waals surface area contributed by atoms with Gasteiger partial charge in [-0.15, -0.1) is 0 Å². The number of carbonyl (C=O) groups is 1. The largest absolute Gasteiger partial charge is 0.481 e. The second-order valence-electron chi connectivity index (χ2n) is 2.95. The standard InChI is InChI=1S/C10H10ClFO2/c11-8-4-2-5-9(12)7(8)3-1-6-10(13)14/h2,4-5H,1,3,6H2,(H,13,14). The second-order valence-corrected chi connectivity index (χ2v) is 3.35. The fraction of sp³-hybridized carbons (Fsp3) is 0.300. The van der Waals surface area contributed by atoms with Crippen LogP contribution in [-0.4, -0.2) is 11.1 Å². The first kappa shape index (κ1) is 11.0. The third-order valence-electron chi connectivity index (χ3n) is 1.88. The highest BCUT2D eigenvalue weighted by Crippen LogP contribution is 2.20. The molecule has 1 rings (SSSR count). The molecule has 1 N–H and O–H groups in total. The minimum absolute atomic E-state index is 0.0324. The minimum atomic E-state index is -0.877. The van der Waals surface area contributed by atoms with Gasteiger partial charge in [-0.2, -0.15) is 0 Å². The Bertz CT molecular complexity index is 319. The molecular weight excluding hydrogens is 207 g/mol. The molecule has 0 bridgehead atoms. The van der Waals surface area contributed by atoms with Gasteiger partial charge in [-0.05, 0) is 25.0 Å². The van der Waals surface area contributed by atoms with Crippen LogP contribution in [0, 0.1) is 5.82 Å². The maximum Gasteiger partial charge on any atom is 0.303 e. The van der Waals surface area contributed by atoms with Crippen LogP contribution in [0.1, 0.15) is 18.4 Å². The predicted molar refractivity (Wildman–Crippen MR) is 52.0 cm³/mol. The fourth-order valence-electron chi connectivity index (χ4n) is 1.19. The summed E-state index contributed by atoms with van der Waals surface area (Å²) in [5.74, 6) is -1.25. The zero-order valence-corrected chi connectivity index (χ0v) is 8.22. The molecule has 2 nitrogen and oxygen atoms in total. The lowest BCUT2D eigenvalue weighted by Gasteiger charge is -2.03. The highest BCUT2D eigenvalue weighted by atomic mass is 35.5. The molecule has 1 aromatic rings. The van der Waals surface area contributed by atoms with E-state index in [-0.39, 0.29) is 12.2 Å². The summed E-state index contributed by atoms with van der Waals surface area (Å²) in [6.07, 6.45) is 0.790. The van der Waals surface area contributed by atoms with E-state index in [0.717, 1.165) is 0 Å². The normalized spacial score (nSPS) is 10.1. The summed E-state index contributed by atoms with van der Waals surface area (Å²) in [4.78, 5) is 10.2. The van der Waals surface area contributed by atoms with Gasteiger partial charge in [0.1, 0.15) is 5.82 Å². The van der Waals surface area contributed by atoms with Crippen molar-refractivity contribution in [2.24, 2.45) is 0 Å². The molecule has 0 amide bonds. The molecule has 0 fully saturated rings. The maximum absolute atomic E-state index is 13.1. The summed E-state index contributed by atoms with van der Waals surface area (Å²) >= 11 is 5.76. The van der Waals surface area contributed by atoms with Gasteiger partial charge in [-0.1, -0.05) is 17.7 Å². The Morgan fingerprint density at radius 2 is 2.21 bits per heavy atom. The molecule has 76 valence electrons. The minimum Gasteiger partial charge on any atom is -0.481 e. The number of hydrogen-bond donors (Lipinski definition) is 1. The highest BCUT2D eigenvalue weighted by Gasteiger charge is 2.07. The number of benzene rings is 1. The molecule has 0 spiro atoms. The first-order chi connectivity index (χ1) is 6.61. The number of carboxylic acid groups (broad SMARTS) is 1. The quantitative estimate of drug-likeness (QED) is 0.840. The van der Waals surface area contributed by atoms with Crippen molar-refractivity contribution < 1.29 is 14.3 Å². The van der Waals surface area contributed by atoms with Gasteiger partial charge in [-0.25, -0.2) is 4.39 Å². The summed E-state index contributed by atoms with van der Waals surface area (Å²) in [6, 6.07) is 4.45. The van der Waals surface area contributed by atoms with E-state index in [9.17, 15) is 9.18 Å². The molecule has 0 unspecified atom stereocenters. The molecular formula is C10H10ClFO2. The van der Waals surface area contributed by atoms with Gasteiger partial charge in [0.25, 0.3) is 0 Å². The molecule has 0 radical (unpaired) electrons. The predicted octanol–water partition coefficient (Wildman–Crippen LogP) is 2.89. The van der Waals surface area contributed by atoms with Crippen molar-refractivity contribution in [1.29, 1.82) is 0 Å². The number of halogens is 2. The van der Waals surface area contributed by atoms with Gasteiger partial charge in [0.05, 0.1) is 0 Å². The third-order valence-corrected chi connectivity index (χ3v) is 2.23. The van der Waals surface area contributed by atoms with Crippen LogP contribution in [0.4, 0.5) is 4.39 Å². The van der Waals surface area contributed by atoms with Gasteiger partial charge in [0.2, 0.25) is 0 Å². The molecule has 0 aromatic heterocycles. The Morgan fingerprint density at radius 3 is 2.79 bits per heavy atom. The monoisotopic (exact) mass is 216 g/mol. The van der Waals surface area contributed by atoms with E-state index >= 15 is 0 Å². The lowest BCUT2D eigenvalue weighted by atomic mass is 10.1. The van der Waals surface area contributed by atoms with E-state index in [0.29, 0.717) is 23.4 Å². The van der Waals surface area contributed by atoms with Crippen LogP contribution in [0.5, 0.6) is 0 Å². The molecule has 0 aliphatic carbocycles. The van der Waals surface area contributed by atoms with Crippen LogP contribution in [0.2, 0.25) is 5.02 Å². The molecule has 14 heavy (non-hydrogen) atoms. The smallest absolute Gasteiger partial charge is 0.303 e. The maximum atomic E-state index is 13.1. The average Bonchev–Trinajstić information content (AvgIpc) is 2.09. The summed E-state index contributed by atoms with van der Waals surface area (Å²) < 4.78 is 13.1. The van der Waals surface area contributed by atoms with E-state index < -0.39 is 5.97 Å². The van der Waals surface area contributed by atoms with E-state index in [4.69, 9.17) is 16.7 Å². The molecule has 0 saturated heterocycles. The first-order valence-electron chi connectivity index (χ1n) is 4.26. The second kappa shape index (κ2) is 4.96. The van der Waals surface area contributed by atoms with Crippen molar-refractivity contribution in [3.63, 3.8) is 0 Å². The highest BCUT2D eigenvalue weighted by molar-refractivity contribution is 6.31. The Labute approximate surface area is 86.3 Å². The molecule has 4 heteroatoms. The van der Waals surface area contributed by atoms with Crippen molar-refractivity contribution in [3.8, 4) is 0 Å². The molecule has 0 atom stereocenters. The molecule has 0 heterocycles.